The summed E-state index contributed by atoms with van der Waals surface area (Å²) in [7, 11) is 0. The molecule has 1 N–H and O–H groups in total. The molecule has 0 radical (unpaired) electrons. The van der Waals surface area contributed by atoms with Crippen LogP contribution >= 0.6 is 11.6 Å². The largest absolute Gasteiger partial charge is 0.487 e. The van der Waals surface area contributed by atoms with Gasteiger partial charge in [-0.15, -0.1) is 0 Å². The lowest BCUT2D eigenvalue weighted by atomic mass is 10.1. The van der Waals surface area contributed by atoms with Crippen molar-refractivity contribution in [2.75, 3.05) is 18.5 Å². The summed E-state index contributed by atoms with van der Waals surface area (Å²) in [6, 6.07) is 10.8. The molecule has 3 aromatic carbocycles. The molecule has 0 bridgehead atoms. The summed E-state index contributed by atoms with van der Waals surface area (Å²) in [5.74, 6) is -3.38. The number of benzene rings is 3. The average molecular weight is 514 g/mol. The number of alkyl halides is 4. The van der Waals surface area contributed by atoms with Crippen molar-refractivity contribution in [3.63, 3.8) is 0 Å². The van der Waals surface area contributed by atoms with E-state index in [4.69, 9.17) is 21.1 Å². The second-order valence-electron chi connectivity index (χ2n) is 7.78. The third-order valence-corrected chi connectivity index (χ3v) is 5.29. The standard InChI is InChI=1S/C24H17ClF5NO4/c1-13-7-14(26)5-6-20(13)35-21-10-18(24(28,29)30)19(25)9-17(21)22(32)31-15-3-2-4-16(8-15)33-11-23(27)12-34-23/h2-10H,11-12H2,1H3,(H,31,32)/t23-/m1/s1. The van der Waals surface area contributed by atoms with Crippen molar-refractivity contribution in [3.8, 4) is 17.2 Å². The number of halogens is 6. The Labute approximate surface area is 201 Å². The molecule has 11 heteroatoms. The minimum absolute atomic E-state index is 0.0498. The van der Waals surface area contributed by atoms with E-state index in [0.717, 1.165) is 18.2 Å². The molecular weight excluding hydrogens is 497 g/mol. The van der Waals surface area contributed by atoms with Crippen LogP contribution in [0.1, 0.15) is 21.5 Å². The molecule has 0 saturated carbocycles. The van der Waals surface area contributed by atoms with Gasteiger partial charge in [-0.05, 0) is 55.0 Å². The van der Waals surface area contributed by atoms with E-state index in [2.05, 4.69) is 10.1 Å². The fourth-order valence-electron chi connectivity index (χ4n) is 3.09. The predicted molar refractivity (Wildman–Crippen MR) is 117 cm³/mol. The Morgan fingerprint density at radius 3 is 2.54 bits per heavy atom. The van der Waals surface area contributed by atoms with Crippen LogP contribution in [-0.4, -0.2) is 25.0 Å². The quantitative estimate of drug-likeness (QED) is 0.275. The van der Waals surface area contributed by atoms with Crippen molar-refractivity contribution in [1.82, 2.24) is 0 Å². The molecule has 4 rings (SSSR count). The highest BCUT2D eigenvalue weighted by Crippen LogP contribution is 2.40. The number of rotatable bonds is 7. The molecule has 184 valence electrons. The van der Waals surface area contributed by atoms with E-state index in [1.54, 1.807) is 0 Å². The minimum Gasteiger partial charge on any atom is -0.487 e. The number of aryl methyl sites for hydroxylation is 1. The number of hydrogen-bond donors (Lipinski definition) is 1. The summed E-state index contributed by atoms with van der Waals surface area (Å²) < 4.78 is 82.9. The van der Waals surface area contributed by atoms with Gasteiger partial charge in [-0.25, -0.2) is 8.78 Å². The maximum Gasteiger partial charge on any atom is 0.417 e. The molecule has 5 nitrogen and oxygen atoms in total. The zero-order chi connectivity index (χ0) is 25.4. The third kappa shape index (κ3) is 6.01. The molecular formula is C24H17ClF5NO4. The summed E-state index contributed by atoms with van der Waals surface area (Å²) in [6.45, 7) is 1.08. The van der Waals surface area contributed by atoms with Crippen molar-refractivity contribution in [3.05, 3.63) is 82.1 Å². The number of carbonyl (C=O) groups excluding carboxylic acids is 1. The lowest BCUT2D eigenvalue weighted by Gasteiger charge is -2.17. The smallest absolute Gasteiger partial charge is 0.417 e. The molecule has 0 aliphatic carbocycles. The molecule has 1 aliphatic rings. The van der Waals surface area contributed by atoms with Gasteiger partial charge >= 0.3 is 6.18 Å². The van der Waals surface area contributed by atoms with Crippen LogP contribution < -0.4 is 14.8 Å². The molecule has 1 saturated heterocycles. The highest BCUT2D eigenvalue weighted by atomic mass is 35.5. The van der Waals surface area contributed by atoms with Crippen LogP contribution in [0.5, 0.6) is 17.2 Å². The SMILES string of the molecule is Cc1cc(F)ccc1Oc1cc(C(F)(F)F)c(Cl)cc1C(=O)Nc1cccc(OC[C@]2(F)CO2)c1. The van der Waals surface area contributed by atoms with E-state index >= 15 is 0 Å². The number of hydrogen-bond acceptors (Lipinski definition) is 4. The zero-order valence-corrected chi connectivity index (χ0v) is 18.8. The van der Waals surface area contributed by atoms with Crippen LogP contribution in [0.3, 0.4) is 0 Å². The monoisotopic (exact) mass is 513 g/mol. The molecule has 1 aliphatic heterocycles. The first-order valence-corrected chi connectivity index (χ1v) is 10.5. The lowest BCUT2D eigenvalue weighted by Crippen LogP contribution is -2.16. The van der Waals surface area contributed by atoms with Crippen LogP contribution in [0.25, 0.3) is 0 Å². The summed E-state index contributed by atoms with van der Waals surface area (Å²) in [4.78, 5) is 13.0. The molecule has 0 aromatic heterocycles. The molecule has 0 unspecified atom stereocenters. The number of nitrogens with one attached hydrogen (secondary N) is 1. The fourth-order valence-corrected chi connectivity index (χ4v) is 3.36. The number of amides is 1. The fraction of sp³-hybridized carbons (Fsp3) is 0.208. The van der Waals surface area contributed by atoms with Crippen LogP contribution in [0.15, 0.2) is 54.6 Å². The Balaban J connectivity index is 1.63. The van der Waals surface area contributed by atoms with Crippen LogP contribution in [0, 0.1) is 12.7 Å². The number of carbonyl (C=O) groups is 1. The summed E-state index contributed by atoms with van der Waals surface area (Å²) in [5.41, 5.74) is -0.984. The minimum atomic E-state index is -4.81. The van der Waals surface area contributed by atoms with Gasteiger partial charge in [-0.2, -0.15) is 13.2 Å². The van der Waals surface area contributed by atoms with Gasteiger partial charge in [-0.3, -0.25) is 4.79 Å². The predicted octanol–water partition coefficient (Wildman–Crippen LogP) is 6.93. The van der Waals surface area contributed by atoms with Gasteiger partial charge in [0.15, 0.2) is 0 Å². The third-order valence-electron chi connectivity index (χ3n) is 4.98. The Hall–Kier alpha value is -3.37. The van der Waals surface area contributed by atoms with Crippen LogP contribution in [0.4, 0.5) is 27.6 Å². The van der Waals surface area contributed by atoms with Gasteiger partial charge in [0.2, 0.25) is 0 Å². The van der Waals surface area contributed by atoms with Gasteiger partial charge in [0.25, 0.3) is 11.8 Å². The number of epoxide rings is 1. The normalized spacial score (nSPS) is 17.1. The molecule has 1 heterocycles. The first-order chi connectivity index (χ1) is 16.4. The van der Waals surface area contributed by atoms with E-state index < -0.39 is 40.1 Å². The highest BCUT2D eigenvalue weighted by Gasteiger charge is 2.46. The molecule has 1 atom stereocenters. The van der Waals surface area contributed by atoms with E-state index in [9.17, 15) is 26.7 Å². The number of anilines is 1. The molecule has 0 spiro atoms. The van der Waals surface area contributed by atoms with Gasteiger partial charge in [-0.1, -0.05) is 17.7 Å². The van der Waals surface area contributed by atoms with E-state index in [-0.39, 0.29) is 36.0 Å². The van der Waals surface area contributed by atoms with Crippen molar-refractivity contribution in [2.45, 2.75) is 19.0 Å². The second-order valence-corrected chi connectivity index (χ2v) is 8.19. The topological polar surface area (TPSA) is 60.1 Å². The maximum absolute atomic E-state index is 13.6. The summed E-state index contributed by atoms with van der Waals surface area (Å²) >= 11 is 5.83. The van der Waals surface area contributed by atoms with Crippen molar-refractivity contribution in [1.29, 1.82) is 0 Å². The van der Waals surface area contributed by atoms with Gasteiger partial charge in [0, 0.05) is 11.8 Å². The number of ether oxygens (including phenoxy) is 3. The Bertz CT molecular complexity index is 1280. The molecule has 1 fully saturated rings. The van der Waals surface area contributed by atoms with Crippen molar-refractivity contribution >= 4 is 23.2 Å². The van der Waals surface area contributed by atoms with Crippen molar-refractivity contribution in [2.24, 2.45) is 0 Å². The lowest BCUT2D eigenvalue weighted by molar-refractivity contribution is -0.137. The Morgan fingerprint density at radius 2 is 1.89 bits per heavy atom. The van der Waals surface area contributed by atoms with Gasteiger partial charge in [0.05, 0.1) is 16.1 Å². The van der Waals surface area contributed by atoms with Crippen LogP contribution in [-0.2, 0) is 10.9 Å². The van der Waals surface area contributed by atoms with Gasteiger partial charge in [0.1, 0.15) is 36.3 Å². The molecule has 1 amide bonds. The van der Waals surface area contributed by atoms with E-state index in [0.29, 0.717) is 11.6 Å². The molecule has 3 aromatic rings. The first-order valence-electron chi connectivity index (χ1n) is 10.2. The van der Waals surface area contributed by atoms with Gasteiger partial charge < -0.3 is 19.5 Å². The zero-order valence-electron chi connectivity index (χ0n) is 18.0. The highest BCUT2D eigenvalue weighted by molar-refractivity contribution is 6.32. The molecule has 35 heavy (non-hydrogen) atoms. The Kier molecular flexibility index (Phi) is 6.61. The van der Waals surface area contributed by atoms with Crippen LogP contribution in [0.2, 0.25) is 5.02 Å². The van der Waals surface area contributed by atoms with E-state index in [1.807, 2.05) is 0 Å². The summed E-state index contributed by atoms with van der Waals surface area (Å²) in [5, 5.41) is 1.82. The Morgan fingerprint density at radius 1 is 1.14 bits per heavy atom. The average Bonchev–Trinajstić information content (AvgIpc) is 3.52. The first kappa shape index (κ1) is 24.7. The maximum atomic E-state index is 13.6. The second kappa shape index (κ2) is 9.35. The van der Waals surface area contributed by atoms with Crippen molar-refractivity contribution < 1.29 is 41.0 Å². The van der Waals surface area contributed by atoms with E-state index in [1.165, 1.54) is 37.3 Å². The summed E-state index contributed by atoms with van der Waals surface area (Å²) in [6.07, 6.45) is -4.81.